The molecular weight excluding hydrogens is 226 g/mol. The van der Waals surface area contributed by atoms with Crippen LogP contribution in [0, 0.1) is 6.92 Å². The first-order valence-electron chi connectivity index (χ1n) is 6.51. The number of rotatable bonds is 3. The van der Waals surface area contributed by atoms with Crippen molar-refractivity contribution in [3.8, 4) is 0 Å². The molecule has 1 nitrogen and oxygen atoms in total. The highest BCUT2D eigenvalue weighted by atomic mass is 32.2. The molecule has 0 radical (unpaired) electrons. The molecule has 2 heteroatoms. The fourth-order valence-electron chi connectivity index (χ4n) is 2.48. The topological polar surface area (TPSA) is 12.0 Å². The molecule has 0 saturated heterocycles. The summed E-state index contributed by atoms with van der Waals surface area (Å²) >= 11 is 2.06. The molecule has 2 rings (SSSR count). The maximum absolute atomic E-state index is 3.72. The van der Waals surface area contributed by atoms with Crippen LogP contribution in [0.25, 0.3) is 0 Å². The Balaban J connectivity index is 2.35. The summed E-state index contributed by atoms with van der Waals surface area (Å²) < 4.78 is 0.288. The van der Waals surface area contributed by atoms with Crippen LogP contribution >= 0.6 is 11.8 Å². The minimum absolute atomic E-state index is 0.288. The molecule has 1 aliphatic rings. The Bertz CT molecular complexity index is 398. The molecule has 0 spiro atoms. The maximum Gasteiger partial charge on any atom is 0.0467 e. The van der Waals surface area contributed by atoms with E-state index in [9.17, 15) is 0 Å². The van der Waals surface area contributed by atoms with Crippen LogP contribution in [-0.2, 0) is 5.75 Å². The van der Waals surface area contributed by atoms with Gasteiger partial charge in [-0.2, -0.15) is 0 Å². The van der Waals surface area contributed by atoms with E-state index in [1.54, 1.807) is 0 Å². The van der Waals surface area contributed by atoms with E-state index in [4.69, 9.17) is 0 Å². The Morgan fingerprint density at radius 1 is 1.41 bits per heavy atom. The third-order valence-corrected chi connectivity index (χ3v) is 4.94. The SMILES string of the molecule is CCCNC1c2cc(C)ccc2CSC1(C)C. The van der Waals surface area contributed by atoms with Gasteiger partial charge in [0.1, 0.15) is 0 Å². The summed E-state index contributed by atoms with van der Waals surface area (Å²) in [6, 6.07) is 7.38. The van der Waals surface area contributed by atoms with E-state index < -0.39 is 0 Å². The van der Waals surface area contributed by atoms with Crippen molar-refractivity contribution in [2.75, 3.05) is 6.54 Å². The van der Waals surface area contributed by atoms with Crippen molar-refractivity contribution in [3.63, 3.8) is 0 Å². The van der Waals surface area contributed by atoms with Crippen molar-refractivity contribution in [1.29, 1.82) is 0 Å². The number of thioether (sulfide) groups is 1. The highest BCUT2D eigenvalue weighted by Gasteiger charge is 2.35. The summed E-state index contributed by atoms with van der Waals surface area (Å²) in [6.07, 6.45) is 1.19. The molecule has 0 saturated carbocycles. The van der Waals surface area contributed by atoms with Gasteiger partial charge in [0.2, 0.25) is 0 Å². The van der Waals surface area contributed by atoms with Crippen LogP contribution in [0.5, 0.6) is 0 Å². The van der Waals surface area contributed by atoms with E-state index in [2.05, 4.69) is 63.0 Å². The highest BCUT2D eigenvalue weighted by Crippen LogP contribution is 2.45. The van der Waals surface area contributed by atoms with Gasteiger partial charge in [-0.05, 0) is 44.9 Å². The summed E-state index contributed by atoms with van der Waals surface area (Å²) in [6.45, 7) is 10.2. The van der Waals surface area contributed by atoms with Gasteiger partial charge < -0.3 is 5.32 Å². The zero-order valence-electron chi connectivity index (χ0n) is 11.3. The Morgan fingerprint density at radius 2 is 2.18 bits per heavy atom. The molecule has 0 aromatic heterocycles. The van der Waals surface area contributed by atoms with E-state index in [0.29, 0.717) is 6.04 Å². The Morgan fingerprint density at radius 3 is 2.88 bits per heavy atom. The van der Waals surface area contributed by atoms with Gasteiger partial charge in [0.05, 0.1) is 0 Å². The predicted octanol–water partition coefficient (Wildman–Crippen LogP) is 4.06. The van der Waals surface area contributed by atoms with Crippen molar-refractivity contribution in [2.24, 2.45) is 0 Å². The van der Waals surface area contributed by atoms with Gasteiger partial charge in [0, 0.05) is 16.5 Å². The van der Waals surface area contributed by atoms with E-state index >= 15 is 0 Å². The zero-order valence-corrected chi connectivity index (χ0v) is 12.2. The van der Waals surface area contributed by atoms with Crippen LogP contribution in [-0.4, -0.2) is 11.3 Å². The fourth-order valence-corrected chi connectivity index (χ4v) is 3.65. The molecule has 1 N–H and O–H groups in total. The predicted molar refractivity (Wildman–Crippen MR) is 77.6 cm³/mol. The van der Waals surface area contributed by atoms with Gasteiger partial charge in [-0.15, -0.1) is 11.8 Å². The van der Waals surface area contributed by atoms with Crippen LogP contribution in [0.1, 0.15) is 49.9 Å². The van der Waals surface area contributed by atoms with E-state index in [1.807, 2.05) is 0 Å². The number of hydrogen-bond acceptors (Lipinski definition) is 2. The molecule has 1 aliphatic heterocycles. The third-order valence-electron chi connectivity index (χ3n) is 3.51. The van der Waals surface area contributed by atoms with Crippen LogP contribution in [0.4, 0.5) is 0 Å². The van der Waals surface area contributed by atoms with Crippen LogP contribution < -0.4 is 5.32 Å². The van der Waals surface area contributed by atoms with Crippen LogP contribution in [0.3, 0.4) is 0 Å². The first kappa shape index (κ1) is 13.0. The summed E-state index contributed by atoms with van der Waals surface area (Å²) in [4.78, 5) is 0. The lowest BCUT2D eigenvalue weighted by Crippen LogP contribution is -2.40. The molecule has 1 aromatic rings. The molecule has 1 unspecified atom stereocenters. The lowest BCUT2D eigenvalue weighted by atomic mass is 9.90. The molecule has 0 aliphatic carbocycles. The molecule has 0 fully saturated rings. The van der Waals surface area contributed by atoms with E-state index in [-0.39, 0.29) is 4.75 Å². The Labute approximate surface area is 109 Å². The van der Waals surface area contributed by atoms with Gasteiger partial charge in [-0.3, -0.25) is 0 Å². The van der Waals surface area contributed by atoms with Crippen molar-refractivity contribution >= 4 is 11.8 Å². The van der Waals surface area contributed by atoms with Crippen molar-refractivity contribution in [1.82, 2.24) is 5.32 Å². The molecule has 0 bridgehead atoms. The monoisotopic (exact) mass is 249 g/mol. The summed E-state index contributed by atoms with van der Waals surface area (Å²) in [7, 11) is 0. The van der Waals surface area contributed by atoms with Crippen molar-refractivity contribution in [2.45, 2.75) is 50.7 Å². The smallest absolute Gasteiger partial charge is 0.0467 e. The minimum Gasteiger partial charge on any atom is -0.309 e. The molecule has 17 heavy (non-hydrogen) atoms. The van der Waals surface area contributed by atoms with Crippen molar-refractivity contribution < 1.29 is 0 Å². The standard InChI is InChI=1S/C15H23NS/c1-5-8-16-14-13-9-11(2)6-7-12(13)10-17-15(14,3)4/h6-7,9,14,16H,5,8,10H2,1-4H3. The van der Waals surface area contributed by atoms with E-state index in [1.165, 1.54) is 23.1 Å². The second-order valence-corrected chi connectivity index (χ2v) is 7.11. The summed E-state index contributed by atoms with van der Waals surface area (Å²) in [5.74, 6) is 1.15. The fraction of sp³-hybridized carbons (Fsp3) is 0.600. The first-order chi connectivity index (χ1) is 8.04. The molecule has 1 aromatic carbocycles. The average Bonchev–Trinajstić information content (AvgIpc) is 2.27. The van der Waals surface area contributed by atoms with Gasteiger partial charge in [0.25, 0.3) is 0 Å². The van der Waals surface area contributed by atoms with Gasteiger partial charge in [-0.1, -0.05) is 30.7 Å². The number of nitrogens with one attached hydrogen (secondary N) is 1. The molecule has 1 heterocycles. The van der Waals surface area contributed by atoms with Gasteiger partial charge >= 0.3 is 0 Å². The van der Waals surface area contributed by atoms with Crippen molar-refractivity contribution in [3.05, 3.63) is 34.9 Å². The summed E-state index contributed by atoms with van der Waals surface area (Å²) in [5, 5.41) is 3.72. The Hall–Kier alpha value is -0.470. The second kappa shape index (κ2) is 5.03. The van der Waals surface area contributed by atoms with Gasteiger partial charge in [-0.25, -0.2) is 0 Å². The second-order valence-electron chi connectivity index (χ2n) is 5.48. The number of aryl methyl sites for hydroxylation is 1. The summed E-state index contributed by atoms with van der Waals surface area (Å²) in [5.41, 5.74) is 4.39. The Kier molecular flexibility index (Phi) is 3.84. The molecule has 1 atom stereocenters. The van der Waals surface area contributed by atoms with Crippen LogP contribution in [0.2, 0.25) is 0 Å². The van der Waals surface area contributed by atoms with Gasteiger partial charge in [0.15, 0.2) is 0 Å². The maximum atomic E-state index is 3.72. The van der Waals surface area contributed by atoms with E-state index in [0.717, 1.165) is 12.3 Å². The molecule has 94 valence electrons. The number of hydrogen-bond donors (Lipinski definition) is 1. The minimum atomic E-state index is 0.288. The normalized spacial score (nSPS) is 22.2. The molecule has 0 amide bonds. The van der Waals surface area contributed by atoms with Crippen LogP contribution in [0.15, 0.2) is 18.2 Å². The lowest BCUT2D eigenvalue weighted by Gasteiger charge is -2.40. The third kappa shape index (κ3) is 2.69. The highest BCUT2D eigenvalue weighted by molar-refractivity contribution is 8.00. The zero-order chi connectivity index (χ0) is 12.5. The average molecular weight is 249 g/mol. The largest absolute Gasteiger partial charge is 0.309 e. The first-order valence-corrected chi connectivity index (χ1v) is 7.50. The number of fused-ring (bicyclic) bond motifs is 1. The number of benzene rings is 1. The lowest BCUT2D eigenvalue weighted by molar-refractivity contribution is 0.439. The quantitative estimate of drug-likeness (QED) is 0.867. The molecular formula is C15H23NS.